The Bertz CT molecular complexity index is 1060. The second kappa shape index (κ2) is 6.02. The van der Waals surface area contributed by atoms with E-state index in [1.54, 1.807) is 28.4 Å². The third-order valence-corrected chi connectivity index (χ3v) is 4.93. The number of hydrogen-bond donors (Lipinski definition) is 0. The molecule has 134 valence electrons. The molecule has 0 aromatic heterocycles. The molecule has 1 heterocycles. The van der Waals surface area contributed by atoms with Gasteiger partial charge in [-0.1, -0.05) is 0 Å². The Labute approximate surface area is 152 Å². The largest absolute Gasteiger partial charge is 0.493 e. The van der Waals surface area contributed by atoms with Gasteiger partial charge in [0.1, 0.15) is 0 Å². The summed E-state index contributed by atoms with van der Waals surface area (Å²) in [6, 6.07) is 8.17. The third kappa shape index (κ3) is 2.17. The van der Waals surface area contributed by atoms with Crippen LogP contribution in [0.5, 0.6) is 23.0 Å². The van der Waals surface area contributed by atoms with Crippen molar-refractivity contribution in [2.75, 3.05) is 40.4 Å². The minimum atomic E-state index is 0.682. The number of benzene rings is 3. The van der Waals surface area contributed by atoms with E-state index in [1.807, 2.05) is 25.2 Å². The van der Waals surface area contributed by atoms with Gasteiger partial charge in [-0.15, -0.1) is 0 Å². The maximum absolute atomic E-state index is 5.76. The molecule has 0 aliphatic carbocycles. The maximum Gasteiger partial charge on any atom is 0.169 e. The van der Waals surface area contributed by atoms with Gasteiger partial charge in [0.25, 0.3) is 0 Å². The molecular weight excluding hydrogens is 330 g/mol. The van der Waals surface area contributed by atoms with Crippen LogP contribution in [0.4, 0.5) is 5.69 Å². The van der Waals surface area contributed by atoms with Crippen molar-refractivity contribution < 1.29 is 18.9 Å². The molecule has 0 saturated carbocycles. The minimum Gasteiger partial charge on any atom is -0.493 e. The summed E-state index contributed by atoms with van der Waals surface area (Å²) in [6.45, 7) is 0. The Hall–Kier alpha value is -3.08. The molecular formula is C21H21NO4. The van der Waals surface area contributed by atoms with Gasteiger partial charge in [-0.05, 0) is 46.7 Å². The predicted molar refractivity (Wildman–Crippen MR) is 105 cm³/mol. The standard InChI is InChI=1S/C21H21NO4/c1-22-7-6-12-9-18(25-4)21(26-5)20-14-11-17(24-3)16(23-2)10-13(14)8-15(22)19(12)20/h6-11H,1-5H3. The molecule has 5 nitrogen and oxygen atoms in total. The molecule has 1 aliphatic heterocycles. The Morgan fingerprint density at radius 1 is 0.731 bits per heavy atom. The fraction of sp³-hybridized carbons (Fsp3) is 0.238. The van der Waals surface area contributed by atoms with Gasteiger partial charge in [0.05, 0.1) is 28.4 Å². The molecule has 0 spiro atoms. The van der Waals surface area contributed by atoms with Gasteiger partial charge >= 0.3 is 0 Å². The zero-order valence-corrected chi connectivity index (χ0v) is 15.5. The van der Waals surface area contributed by atoms with Crippen molar-refractivity contribution in [1.82, 2.24) is 0 Å². The van der Waals surface area contributed by atoms with Crippen LogP contribution in [0, 0.1) is 0 Å². The first-order valence-electron chi connectivity index (χ1n) is 8.31. The zero-order valence-electron chi connectivity index (χ0n) is 15.5. The van der Waals surface area contributed by atoms with Crippen molar-refractivity contribution in [3.8, 4) is 23.0 Å². The van der Waals surface area contributed by atoms with Crippen molar-refractivity contribution in [1.29, 1.82) is 0 Å². The summed E-state index contributed by atoms with van der Waals surface area (Å²) in [6.07, 6.45) is 4.14. The van der Waals surface area contributed by atoms with Gasteiger partial charge in [-0.2, -0.15) is 0 Å². The van der Waals surface area contributed by atoms with Crippen LogP contribution in [0.1, 0.15) is 5.56 Å². The molecule has 0 unspecified atom stereocenters. The van der Waals surface area contributed by atoms with E-state index in [0.717, 1.165) is 32.8 Å². The second-order valence-corrected chi connectivity index (χ2v) is 6.20. The monoisotopic (exact) mass is 351 g/mol. The number of anilines is 1. The molecule has 3 aromatic carbocycles. The van der Waals surface area contributed by atoms with E-state index >= 15 is 0 Å². The minimum absolute atomic E-state index is 0.682. The van der Waals surface area contributed by atoms with Crippen molar-refractivity contribution in [3.63, 3.8) is 0 Å². The molecule has 0 saturated heterocycles. The summed E-state index contributed by atoms with van der Waals surface area (Å²) >= 11 is 0. The van der Waals surface area contributed by atoms with Crippen LogP contribution in [0.25, 0.3) is 27.6 Å². The number of methoxy groups -OCH3 is 4. The second-order valence-electron chi connectivity index (χ2n) is 6.20. The topological polar surface area (TPSA) is 40.2 Å². The number of hydrogen-bond acceptors (Lipinski definition) is 5. The number of fused-ring (bicyclic) bond motifs is 2. The summed E-state index contributed by atoms with van der Waals surface area (Å²) in [5, 5.41) is 4.21. The number of nitrogens with zero attached hydrogens (tertiary/aromatic N) is 1. The molecule has 0 bridgehead atoms. The molecule has 0 amide bonds. The van der Waals surface area contributed by atoms with E-state index in [1.165, 1.54) is 0 Å². The van der Waals surface area contributed by atoms with E-state index in [-0.39, 0.29) is 0 Å². The fourth-order valence-corrected chi connectivity index (χ4v) is 3.68. The zero-order chi connectivity index (χ0) is 18.4. The van der Waals surface area contributed by atoms with Crippen LogP contribution in [0.2, 0.25) is 0 Å². The molecule has 0 fully saturated rings. The van der Waals surface area contributed by atoms with Crippen LogP contribution in [-0.2, 0) is 0 Å². The van der Waals surface area contributed by atoms with Crippen LogP contribution in [0.15, 0.2) is 30.5 Å². The van der Waals surface area contributed by atoms with E-state index in [9.17, 15) is 0 Å². The summed E-state index contributed by atoms with van der Waals surface area (Å²) in [5.74, 6) is 2.80. The first-order valence-corrected chi connectivity index (χ1v) is 8.31. The van der Waals surface area contributed by atoms with Crippen LogP contribution >= 0.6 is 0 Å². The number of ether oxygens (including phenoxy) is 4. The predicted octanol–water partition coefficient (Wildman–Crippen LogP) is 4.45. The lowest BCUT2D eigenvalue weighted by Crippen LogP contribution is -2.12. The lowest BCUT2D eigenvalue weighted by Gasteiger charge is -2.26. The Morgan fingerprint density at radius 3 is 2.08 bits per heavy atom. The summed E-state index contributed by atoms with van der Waals surface area (Å²) in [7, 11) is 8.65. The third-order valence-electron chi connectivity index (χ3n) is 4.93. The van der Waals surface area contributed by atoms with Gasteiger partial charge in [0.15, 0.2) is 23.0 Å². The maximum atomic E-state index is 5.76. The van der Waals surface area contributed by atoms with Gasteiger partial charge < -0.3 is 23.8 Å². The highest BCUT2D eigenvalue weighted by molar-refractivity contribution is 6.20. The van der Waals surface area contributed by atoms with Crippen LogP contribution in [0.3, 0.4) is 0 Å². The number of rotatable bonds is 4. The molecule has 0 atom stereocenters. The lowest BCUT2D eigenvalue weighted by molar-refractivity contribution is 0.355. The van der Waals surface area contributed by atoms with Gasteiger partial charge in [0, 0.05) is 29.7 Å². The molecule has 5 heteroatoms. The van der Waals surface area contributed by atoms with Crippen LogP contribution < -0.4 is 23.8 Å². The smallest absolute Gasteiger partial charge is 0.169 e. The normalized spacial score (nSPS) is 12.6. The Balaban J connectivity index is 2.26. The van der Waals surface area contributed by atoms with E-state index in [2.05, 4.69) is 23.2 Å². The molecule has 4 rings (SSSR count). The van der Waals surface area contributed by atoms with Crippen molar-refractivity contribution in [2.45, 2.75) is 0 Å². The fourth-order valence-electron chi connectivity index (χ4n) is 3.68. The summed E-state index contributed by atoms with van der Waals surface area (Å²) in [5.41, 5.74) is 2.21. The van der Waals surface area contributed by atoms with E-state index in [4.69, 9.17) is 18.9 Å². The summed E-state index contributed by atoms with van der Waals surface area (Å²) in [4.78, 5) is 2.11. The highest BCUT2D eigenvalue weighted by Gasteiger charge is 2.23. The van der Waals surface area contributed by atoms with Crippen molar-refractivity contribution >= 4 is 33.3 Å². The molecule has 0 N–H and O–H groups in total. The summed E-state index contributed by atoms with van der Waals surface area (Å²) < 4.78 is 22.4. The van der Waals surface area contributed by atoms with E-state index in [0.29, 0.717) is 23.0 Å². The first-order chi connectivity index (χ1) is 12.6. The molecule has 0 radical (unpaired) electrons. The average molecular weight is 351 g/mol. The van der Waals surface area contributed by atoms with Crippen molar-refractivity contribution in [3.05, 3.63) is 36.0 Å². The SMILES string of the molecule is COc1cc2cc3c4c(cc(OC)c(OC)c4c2cc1OC)C=CN3C. The Morgan fingerprint density at radius 2 is 1.42 bits per heavy atom. The van der Waals surface area contributed by atoms with Crippen molar-refractivity contribution in [2.24, 2.45) is 0 Å². The van der Waals surface area contributed by atoms with Gasteiger partial charge in [-0.3, -0.25) is 0 Å². The highest BCUT2D eigenvalue weighted by Crippen LogP contribution is 2.49. The highest BCUT2D eigenvalue weighted by atomic mass is 16.5. The quantitative estimate of drug-likeness (QED) is 0.650. The average Bonchev–Trinajstić information content (AvgIpc) is 2.68. The molecule has 3 aromatic rings. The van der Waals surface area contributed by atoms with Crippen LogP contribution in [-0.4, -0.2) is 35.5 Å². The van der Waals surface area contributed by atoms with Gasteiger partial charge in [-0.25, -0.2) is 0 Å². The van der Waals surface area contributed by atoms with E-state index < -0.39 is 0 Å². The Kier molecular flexibility index (Phi) is 3.80. The first kappa shape index (κ1) is 16.4. The van der Waals surface area contributed by atoms with Gasteiger partial charge in [0.2, 0.25) is 0 Å². The lowest BCUT2D eigenvalue weighted by atomic mass is 9.93. The molecule has 26 heavy (non-hydrogen) atoms. The molecule has 1 aliphatic rings.